The Morgan fingerprint density at radius 1 is 1.44 bits per heavy atom. The molecule has 88 valence electrons. The van der Waals surface area contributed by atoms with Gasteiger partial charge in [0.2, 0.25) is 5.91 Å². The molecule has 3 heteroatoms. The number of rotatable bonds is 4. The fourth-order valence-electron chi connectivity index (χ4n) is 1.64. The zero-order chi connectivity index (χ0) is 12.1. The first kappa shape index (κ1) is 12.7. The summed E-state index contributed by atoms with van der Waals surface area (Å²) in [6.07, 6.45) is 0.668. The highest BCUT2D eigenvalue weighted by Gasteiger charge is 2.19. The van der Waals surface area contributed by atoms with Gasteiger partial charge >= 0.3 is 0 Å². The normalized spacial score (nSPS) is 12.2. The smallest absolute Gasteiger partial charge is 0.243 e. The average molecular weight is 220 g/mol. The van der Waals surface area contributed by atoms with Gasteiger partial charge in [0.1, 0.15) is 0 Å². The van der Waals surface area contributed by atoms with E-state index >= 15 is 0 Å². The Kier molecular flexibility index (Phi) is 4.50. The number of hydrogen-bond donors (Lipinski definition) is 1. The molecule has 3 nitrogen and oxygen atoms in total. The summed E-state index contributed by atoms with van der Waals surface area (Å²) >= 11 is 0. The minimum atomic E-state index is -0.402. The molecule has 1 rings (SSSR count). The van der Waals surface area contributed by atoms with E-state index in [2.05, 4.69) is 0 Å². The van der Waals surface area contributed by atoms with Crippen LogP contribution in [0.3, 0.4) is 0 Å². The van der Waals surface area contributed by atoms with Gasteiger partial charge in [-0.05, 0) is 38.0 Å². The summed E-state index contributed by atoms with van der Waals surface area (Å²) in [4.78, 5) is 13.8. The van der Waals surface area contributed by atoms with Gasteiger partial charge in [0, 0.05) is 12.2 Å². The number of benzene rings is 1. The van der Waals surface area contributed by atoms with Crippen molar-refractivity contribution < 1.29 is 4.79 Å². The molecule has 0 saturated carbocycles. The summed E-state index contributed by atoms with van der Waals surface area (Å²) in [5.41, 5.74) is 7.85. The van der Waals surface area contributed by atoms with E-state index in [0.29, 0.717) is 13.0 Å². The molecule has 0 radical (unpaired) electrons. The quantitative estimate of drug-likeness (QED) is 0.844. The highest BCUT2D eigenvalue weighted by Crippen LogP contribution is 2.16. The van der Waals surface area contributed by atoms with E-state index in [0.717, 1.165) is 11.3 Å². The second kappa shape index (κ2) is 5.66. The molecule has 0 bridgehead atoms. The number of carbonyl (C=O) groups is 1. The van der Waals surface area contributed by atoms with Gasteiger partial charge in [-0.15, -0.1) is 0 Å². The van der Waals surface area contributed by atoms with Gasteiger partial charge < -0.3 is 10.6 Å². The fraction of sp³-hybridized carbons (Fsp3) is 0.462. The Balaban J connectivity index is 2.94. The molecular formula is C13H20N2O. The maximum Gasteiger partial charge on any atom is 0.243 e. The van der Waals surface area contributed by atoms with Gasteiger partial charge in [-0.1, -0.05) is 19.1 Å². The summed E-state index contributed by atoms with van der Waals surface area (Å²) in [5.74, 6) is -0.00407. The lowest BCUT2D eigenvalue weighted by Gasteiger charge is -2.24. The zero-order valence-electron chi connectivity index (χ0n) is 10.2. The van der Waals surface area contributed by atoms with E-state index in [1.165, 1.54) is 0 Å². The van der Waals surface area contributed by atoms with Gasteiger partial charge in [-0.25, -0.2) is 0 Å². The van der Waals surface area contributed by atoms with Crippen molar-refractivity contribution in [2.45, 2.75) is 33.2 Å². The Labute approximate surface area is 97.2 Å². The van der Waals surface area contributed by atoms with E-state index < -0.39 is 6.04 Å². The highest BCUT2D eigenvalue weighted by atomic mass is 16.2. The second-order valence-electron chi connectivity index (χ2n) is 3.94. The number of likely N-dealkylation sites (N-methyl/N-ethyl adjacent to an activating group) is 1. The van der Waals surface area contributed by atoms with Crippen LogP contribution in [0.2, 0.25) is 0 Å². The van der Waals surface area contributed by atoms with Gasteiger partial charge in [0.05, 0.1) is 6.04 Å². The van der Waals surface area contributed by atoms with Crippen molar-refractivity contribution in [3.63, 3.8) is 0 Å². The van der Waals surface area contributed by atoms with Crippen molar-refractivity contribution in [1.82, 2.24) is 0 Å². The molecule has 0 aliphatic rings. The molecule has 0 aliphatic heterocycles. The largest absolute Gasteiger partial charge is 0.320 e. The first-order chi connectivity index (χ1) is 7.60. The van der Waals surface area contributed by atoms with E-state index in [4.69, 9.17) is 5.73 Å². The third-order valence-electron chi connectivity index (χ3n) is 2.65. The number of nitrogens with zero attached hydrogens (tertiary/aromatic N) is 1. The van der Waals surface area contributed by atoms with Crippen LogP contribution in [0.4, 0.5) is 5.69 Å². The van der Waals surface area contributed by atoms with Crippen molar-refractivity contribution in [3.05, 3.63) is 29.8 Å². The summed E-state index contributed by atoms with van der Waals surface area (Å²) in [6.45, 7) is 6.55. The lowest BCUT2D eigenvalue weighted by atomic mass is 10.1. The first-order valence-corrected chi connectivity index (χ1v) is 5.73. The van der Waals surface area contributed by atoms with Crippen molar-refractivity contribution in [2.75, 3.05) is 11.4 Å². The number of nitrogens with two attached hydrogens (primary N) is 1. The summed E-state index contributed by atoms with van der Waals surface area (Å²) in [7, 11) is 0. The van der Waals surface area contributed by atoms with Crippen LogP contribution in [-0.4, -0.2) is 18.5 Å². The molecule has 1 amide bonds. The monoisotopic (exact) mass is 220 g/mol. The predicted molar refractivity (Wildman–Crippen MR) is 67.5 cm³/mol. The minimum Gasteiger partial charge on any atom is -0.320 e. The molecule has 0 aliphatic carbocycles. The lowest BCUT2D eigenvalue weighted by molar-refractivity contribution is -0.119. The molecule has 0 fully saturated rings. The molecule has 0 aromatic heterocycles. The van der Waals surface area contributed by atoms with Gasteiger partial charge in [-0.3, -0.25) is 4.79 Å². The average Bonchev–Trinajstić information content (AvgIpc) is 2.29. The molecular weight excluding hydrogens is 200 g/mol. The van der Waals surface area contributed by atoms with Crippen LogP contribution in [-0.2, 0) is 4.79 Å². The second-order valence-corrected chi connectivity index (χ2v) is 3.94. The third-order valence-corrected chi connectivity index (χ3v) is 2.65. The number of aryl methyl sites for hydroxylation is 1. The number of carbonyl (C=O) groups excluding carboxylic acids is 1. The van der Waals surface area contributed by atoms with E-state index in [9.17, 15) is 4.79 Å². The Morgan fingerprint density at radius 2 is 2.12 bits per heavy atom. The fourth-order valence-corrected chi connectivity index (χ4v) is 1.64. The molecule has 1 aromatic carbocycles. The summed E-state index contributed by atoms with van der Waals surface area (Å²) in [6, 6.07) is 7.51. The van der Waals surface area contributed by atoms with Crippen LogP contribution in [0, 0.1) is 6.92 Å². The molecule has 0 unspecified atom stereocenters. The Hall–Kier alpha value is -1.35. The lowest BCUT2D eigenvalue weighted by Crippen LogP contribution is -2.43. The van der Waals surface area contributed by atoms with Crippen molar-refractivity contribution >= 4 is 11.6 Å². The van der Waals surface area contributed by atoms with Crippen LogP contribution in [0.1, 0.15) is 25.8 Å². The third kappa shape index (κ3) is 2.83. The molecule has 2 N–H and O–H groups in total. The van der Waals surface area contributed by atoms with Crippen molar-refractivity contribution in [1.29, 1.82) is 0 Å². The number of hydrogen-bond acceptors (Lipinski definition) is 2. The van der Waals surface area contributed by atoms with Crippen LogP contribution >= 0.6 is 0 Å². The molecule has 0 heterocycles. The van der Waals surface area contributed by atoms with E-state index in [-0.39, 0.29) is 5.91 Å². The molecule has 1 aromatic rings. The summed E-state index contributed by atoms with van der Waals surface area (Å²) in [5, 5.41) is 0. The van der Waals surface area contributed by atoms with Crippen molar-refractivity contribution in [2.24, 2.45) is 5.73 Å². The van der Waals surface area contributed by atoms with Gasteiger partial charge in [-0.2, -0.15) is 0 Å². The SMILES string of the molecule is CC[C@@H](N)C(=O)N(CC)c1cccc(C)c1. The van der Waals surface area contributed by atoms with Crippen LogP contribution in [0.5, 0.6) is 0 Å². The van der Waals surface area contributed by atoms with E-state index in [1.54, 1.807) is 4.90 Å². The molecule has 16 heavy (non-hydrogen) atoms. The summed E-state index contributed by atoms with van der Waals surface area (Å²) < 4.78 is 0. The highest BCUT2D eigenvalue weighted by molar-refractivity contribution is 5.97. The van der Waals surface area contributed by atoms with Crippen LogP contribution in [0.25, 0.3) is 0 Å². The number of amides is 1. The first-order valence-electron chi connectivity index (χ1n) is 5.73. The predicted octanol–water partition coefficient (Wildman–Crippen LogP) is 2.09. The minimum absolute atomic E-state index is 0.00407. The maximum absolute atomic E-state index is 12.0. The number of anilines is 1. The standard InChI is InChI=1S/C13H20N2O/c1-4-12(14)13(16)15(5-2)11-8-6-7-10(3)9-11/h6-9,12H,4-5,14H2,1-3H3/t12-/m1/s1. The Morgan fingerprint density at radius 3 is 2.62 bits per heavy atom. The maximum atomic E-state index is 12.0. The molecule has 0 saturated heterocycles. The topological polar surface area (TPSA) is 46.3 Å². The van der Waals surface area contributed by atoms with Crippen LogP contribution < -0.4 is 10.6 Å². The van der Waals surface area contributed by atoms with Gasteiger partial charge in [0.25, 0.3) is 0 Å². The van der Waals surface area contributed by atoms with Crippen LogP contribution in [0.15, 0.2) is 24.3 Å². The van der Waals surface area contributed by atoms with Crippen molar-refractivity contribution in [3.8, 4) is 0 Å². The van der Waals surface area contributed by atoms with E-state index in [1.807, 2.05) is 45.0 Å². The molecule has 0 spiro atoms. The molecule has 1 atom stereocenters. The van der Waals surface area contributed by atoms with Gasteiger partial charge in [0.15, 0.2) is 0 Å². The zero-order valence-corrected chi connectivity index (χ0v) is 10.2. The Bertz CT molecular complexity index is 363.